The van der Waals surface area contributed by atoms with E-state index in [0.29, 0.717) is 6.54 Å². The monoisotopic (exact) mass is 350 g/mol. The highest BCUT2D eigenvalue weighted by Gasteiger charge is 2.09. The van der Waals surface area contributed by atoms with Crippen LogP contribution in [0.5, 0.6) is 5.75 Å². The Balaban J connectivity index is 1.73. The molecular weight excluding hydrogens is 332 g/mol. The molecule has 2 N–H and O–H groups in total. The molecule has 5 heteroatoms. The smallest absolute Gasteiger partial charge is 0.120 e. The van der Waals surface area contributed by atoms with Gasteiger partial charge in [0.1, 0.15) is 18.5 Å². The highest BCUT2D eigenvalue weighted by atomic mass is 79.9. The molecule has 0 fully saturated rings. The first-order chi connectivity index (χ1) is 10.1. The van der Waals surface area contributed by atoms with Crippen LogP contribution in [0.25, 0.3) is 0 Å². The van der Waals surface area contributed by atoms with Crippen LogP contribution >= 0.6 is 15.9 Å². The molecular formula is C16H19BrN2O2. The van der Waals surface area contributed by atoms with Crippen LogP contribution in [0.3, 0.4) is 0 Å². The Labute approximate surface area is 133 Å². The minimum Gasteiger partial charge on any atom is -0.491 e. The zero-order valence-electron chi connectivity index (χ0n) is 11.9. The number of rotatable bonds is 7. The number of aromatic nitrogens is 1. The van der Waals surface area contributed by atoms with E-state index in [9.17, 15) is 5.11 Å². The second-order valence-electron chi connectivity index (χ2n) is 4.83. The molecule has 0 amide bonds. The number of aliphatic hydroxyl groups is 1. The molecule has 0 bridgehead atoms. The molecule has 1 heterocycles. The molecule has 1 aromatic heterocycles. The molecule has 0 saturated carbocycles. The van der Waals surface area contributed by atoms with Crippen molar-refractivity contribution >= 4 is 15.9 Å². The molecule has 0 spiro atoms. The Hall–Kier alpha value is -1.43. The van der Waals surface area contributed by atoms with Gasteiger partial charge in [-0.05, 0) is 42.8 Å². The number of hydrogen-bond acceptors (Lipinski definition) is 4. The minimum atomic E-state index is -0.562. The summed E-state index contributed by atoms with van der Waals surface area (Å²) in [6.07, 6.45) is 2.97. The Bertz CT molecular complexity index is 551. The molecule has 1 aromatic carbocycles. The summed E-state index contributed by atoms with van der Waals surface area (Å²) in [5.74, 6) is 0.741. The summed E-state index contributed by atoms with van der Waals surface area (Å²) < 4.78 is 6.51. The fourth-order valence-corrected chi connectivity index (χ4v) is 2.27. The van der Waals surface area contributed by atoms with Gasteiger partial charge in [0, 0.05) is 29.5 Å². The van der Waals surface area contributed by atoms with Crippen molar-refractivity contribution in [2.45, 2.75) is 19.1 Å². The fraction of sp³-hybridized carbons (Fsp3) is 0.312. The van der Waals surface area contributed by atoms with Crippen molar-refractivity contribution < 1.29 is 9.84 Å². The predicted molar refractivity (Wildman–Crippen MR) is 86.3 cm³/mol. The first-order valence-electron chi connectivity index (χ1n) is 6.85. The number of hydrogen-bond donors (Lipinski definition) is 2. The van der Waals surface area contributed by atoms with Gasteiger partial charge >= 0.3 is 0 Å². The Morgan fingerprint density at radius 3 is 2.76 bits per heavy atom. The van der Waals surface area contributed by atoms with Gasteiger partial charge in [-0.15, -0.1) is 0 Å². The van der Waals surface area contributed by atoms with Crippen LogP contribution in [0.2, 0.25) is 0 Å². The molecule has 4 nitrogen and oxygen atoms in total. The number of nitrogens with one attached hydrogen (secondary N) is 1. The Morgan fingerprint density at radius 2 is 2.05 bits per heavy atom. The van der Waals surface area contributed by atoms with Gasteiger partial charge in [0.2, 0.25) is 0 Å². The Kier molecular flexibility index (Phi) is 6.17. The van der Waals surface area contributed by atoms with Gasteiger partial charge < -0.3 is 15.2 Å². The van der Waals surface area contributed by atoms with Gasteiger partial charge in [-0.1, -0.05) is 22.0 Å². The molecule has 112 valence electrons. The third-order valence-electron chi connectivity index (χ3n) is 3.10. The molecule has 2 unspecified atom stereocenters. The SMILES string of the molecule is CC(NCC(O)COc1cccc(Br)c1)c1ccncc1. The third-order valence-corrected chi connectivity index (χ3v) is 3.60. The van der Waals surface area contributed by atoms with Crippen LogP contribution in [-0.2, 0) is 0 Å². The van der Waals surface area contributed by atoms with Gasteiger partial charge in [-0.2, -0.15) is 0 Å². The van der Waals surface area contributed by atoms with Crippen molar-refractivity contribution in [1.29, 1.82) is 0 Å². The van der Waals surface area contributed by atoms with Gasteiger partial charge in [-0.25, -0.2) is 0 Å². The van der Waals surface area contributed by atoms with Gasteiger partial charge in [0.05, 0.1) is 0 Å². The molecule has 21 heavy (non-hydrogen) atoms. The lowest BCUT2D eigenvalue weighted by atomic mass is 10.1. The fourth-order valence-electron chi connectivity index (χ4n) is 1.89. The third kappa shape index (κ3) is 5.46. The van der Waals surface area contributed by atoms with Crippen LogP contribution in [0.1, 0.15) is 18.5 Å². The van der Waals surface area contributed by atoms with E-state index in [1.54, 1.807) is 12.4 Å². The lowest BCUT2D eigenvalue weighted by Crippen LogP contribution is -2.33. The van der Waals surface area contributed by atoms with Crippen LogP contribution in [0.15, 0.2) is 53.3 Å². The molecule has 2 aromatic rings. The van der Waals surface area contributed by atoms with E-state index in [2.05, 4.69) is 33.2 Å². The predicted octanol–water partition coefficient (Wildman–Crippen LogP) is 2.93. The van der Waals surface area contributed by atoms with Crippen LogP contribution in [0.4, 0.5) is 0 Å². The zero-order chi connectivity index (χ0) is 15.1. The Morgan fingerprint density at radius 1 is 1.29 bits per heavy atom. The van der Waals surface area contributed by atoms with Crippen LogP contribution in [0, 0.1) is 0 Å². The largest absolute Gasteiger partial charge is 0.491 e. The van der Waals surface area contributed by atoms with E-state index in [4.69, 9.17) is 4.74 Å². The lowest BCUT2D eigenvalue weighted by molar-refractivity contribution is 0.104. The maximum absolute atomic E-state index is 9.96. The first-order valence-corrected chi connectivity index (χ1v) is 7.64. The highest BCUT2D eigenvalue weighted by molar-refractivity contribution is 9.10. The number of aliphatic hydroxyl groups excluding tert-OH is 1. The molecule has 0 aliphatic rings. The van der Waals surface area contributed by atoms with Crippen molar-refractivity contribution in [3.63, 3.8) is 0 Å². The summed E-state index contributed by atoms with van der Waals surface area (Å²) >= 11 is 3.38. The summed E-state index contributed by atoms with van der Waals surface area (Å²) in [6.45, 7) is 2.78. The van der Waals surface area contributed by atoms with Crippen LogP contribution in [-0.4, -0.2) is 29.3 Å². The summed E-state index contributed by atoms with van der Waals surface area (Å²) in [6, 6.07) is 11.7. The van der Waals surface area contributed by atoms with E-state index in [0.717, 1.165) is 15.8 Å². The second-order valence-corrected chi connectivity index (χ2v) is 5.75. The van der Waals surface area contributed by atoms with Crippen molar-refractivity contribution in [3.8, 4) is 5.75 Å². The summed E-state index contributed by atoms with van der Waals surface area (Å²) in [5.41, 5.74) is 1.14. The molecule has 2 atom stereocenters. The topological polar surface area (TPSA) is 54.4 Å². The number of pyridine rings is 1. The zero-order valence-corrected chi connectivity index (χ0v) is 13.5. The van der Waals surface area contributed by atoms with Gasteiger partial charge in [-0.3, -0.25) is 4.98 Å². The van der Waals surface area contributed by atoms with Crippen molar-refractivity contribution in [2.24, 2.45) is 0 Å². The van der Waals surface area contributed by atoms with E-state index in [1.165, 1.54) is 0 Å². The normalized spacial score (nSPS) is 13.7. The number of halogens is 1. The van der Waals surface area contributed by atoms with Gasteiger partial charge in [0.15, 0.2) is 0 Å². The van der Waals surface area contributed by atoms with Crippen molar-refractivity contribution in [1.82, 2.24) is 10.3 Å². The van der Waals surface area contributed by atoms with Crippen LogP contribution < -0.4 is 10.1 Å². The lowest BCUT2D eigenvalue weighted by Gasteiger charge is -2.18. The molecule has 0 aliphatic heterocycles. The maximum atomic E-state index is 9.96. The van der Waals surface area contributed by atoms with Crippen molar-refractivity contribution in [3.05, 3.63) is 58.8 Å². The average Bonchev–Trinajstić information content (AvgIpc) is 2.51. The molecule has 0 aliphatic carbocycles. The number of ether oxygens (including phenoxy) is 1. The highest BCUT2D eigenvalue weighted by Crippen LogP contribution is 2.17. The molecule has 0 saturated heterocycles. The van der Waals surface area contributed by atoms with E-state index in [1.807, 2.05) is 36.4 Å². The minimum absolute atomic E-state index is 0.161. The standard InChI is InChI=1S/C16H19BrN2O2/c1-12(13-5-7-18-8-6-13)19-10-15(20)11-21-16-4-2-3-14(17)9-16/h2-9,12,15,19-20H,10-11H2,1H3. The van der Waals surface area contributed by atoms with Crippen molar-refractivity contribution in [2.75, 3.05) is 13.2 Å². The average molecular weight is 351 g/mol. The summed E-state index contributed by atoms with van der Waals surface area (Å²) in [4.78, 5) is 3.99. The number of nitrogens with zero attached hydrogens (tertiary/aromatic N) is 1. The van der Waals surface area contributed by atoms with Gasteiger partial charge in [0.25, 0.3) is 0 Å². The number of benzene rings is 1. The summed E-state index contributed by atoms with van der Waals surface area (Å²) in [5, 5.41) is 13.2. The maximum Gasteiger partial charge on any atom is 0.120 e. The first kappa shape index (κ1) is 15.9. The molecule has 0 radical (unpaired) electrons. The van der Waals surface area contributed by atoms with E-state index in [-0.39, 0.29) is 12.6 Å². The van der Waals surface area contributed by atoms with E-state index >= 15 is 0 Å². The van der Waals surface area contributed by atoms with E-state index < -0.39 is 6.10 Å². The summed E-state index contributed by atoms with van der Waals surface area (Å²) in [7, 11) is 0. The quantitative estimate of drug-likeness (QED) is 0.805. The molecule has 2 rings (SSSR count). The second kappa shape index (κ2) is 8.12.